The van der Waals surface area contributed by atoms with Crippen LogP contribution in [0.4, 0.5) is 16.4 Å². The molecule has 36 heavy (non-hydrogen) atoms. The van der Waals surface area contributed by atoms with Gasteiger partial charge in [-0.15, -0.1) is 0 Å². The molecule has 1 fully saturated rings. The van der Waals surface area contributed by atoms with Crippen molar-refractivity contribution in [2.75, 3.05) is 38.1 Å². The predicted octanol–water partition coefficient (Wildman–Crippen LogP) is 3.47. The summed E-state index contributed by atoms with van der Waals surface area (Å²) in [4.78, 5) is 34.5. The fourth-order valence-electron chi connectivity index (χ4n) is 3.87. The van der Waals surface area contributed by atoms with Gasteiger partial charge in [0.05, 0.1) is 5.69 Å². The Kier molecular flexibility index (Phi) is 7.33. The zero-order chi connectivity index (χ0) is 25.7. The summed E-state index contributed by atoms with van der Waals surface area (Å²) < 4.78 is 5.54. The number of anilines is 1. The molecule has 4 rings (SSSR count). The SMILES string of the molecule is CN/C=C\C(N)=Nc1cc(-c2cc3cnccc3c(N3CCN(C(=O)OC(C)(C)C)CC3)n2)ccn1. The number of nitrogens with two attached hydrogens (primary N) is 1. The normalized spacial score (nSPS) is 14.9. The Morgan fingerprint density at radius 2 is 1.94 bits per heavy atom. The van der Waals surface area contributed by atoms with Gasteiger partial charge in [0.25, 0.3) is 0 Å². The second-order valence-electron chi connectivity index (χ2n) is 9.44. The van der Waals surface area contributed by atoms with Gasteiger partial charge in [0.15, 0.2) is 5.82 Å². The monoisotopic (exact) mass is 488 g/mol. The quantitative estimate of drug-likeness (QED) is 0.414. The van der Waals surface area contributed by atoms with Crippen molar-refractivity contribution < 1.29 is 9.53 Å². The summed E-state index contributed by atoms with van der Waals surface area (Å²) in [5.41, 5.74) is 7.09. The number of nitrogens with one attached hydrogen (secondary N) is 1. The van der Waals surface area contributed by atoms with Crippen LogP contribution in [0.3, 0.4) is 0 Å². The minimum Gasteiger partial charge on any atom is -0.444 e. The summed E-state index contributed by atoms with van der Waals surface area (Å²) in [5, 5.41) is 4.87. The highest BCUT2D eigenvalue weighted by atomic mass is 16.6. The van der Waals surface area contributed by atoms with E-state index in [4.69, 9.17) is 15.5 Å². The Hall–Kier alpha value is -4.21. The number of amides is 1. The Morgan fingerprint density at radius 1 is 1.17 bits per heavy atom. The highest BCUT2D eigenvalue weighted by Crippen LogP contribution is 2.31. The Labute approximate surface area is 210 Å². The van der Waals surface area contributed by atoms with E-state index in [1.54, 1.807) is 36.6 Å². The summed E-state index contributed by atoms with van der Waals surface area (Å²) >= 11 is 0. The second kappa shape index (κ2) is 10.6. The maximum Gasteiger partial charge on any atom is 0.410 e. The number of carbonyl (C=O) groups is 1. The van der Waals surface area contributed by atoms with Crippen LogP contribution in [-0.2, 0) is 4.74 Å². The average molecular weight is 489 g/mol. The van der Waals surface area contributed by atoms with Crippen LogP contribution in [-0.4, -0.2) is 70.6 Å². The van der Waals surface area contributed by atoms with Crippen molar-refractivity contribution in [3.8, 4) is 11.3 Å². The van der Waals surface area contributed by atoms with Gasteiger partial charge in [-0.3, -0.25) is 4.98 Å². The molecule has 0 radical (unpaired) electrons. The lowest BCUT2D eigenvalue weighted by Gasteiger charge is -2.36. The molecule has 0 spiro atoms. The Bertz CT molecular complexity index is 1290. The van der Waals surface area contributed by atoms with Gasteiger partial charge in [0.1, 0.15) is 17.3 Å². The van der Waals surface area contributed by atoms with Crippen LogP contribution < -0.4 is 16.0 Å². The highest BCUT2D eigenvalue weighted by Gasteiger charge is 2.27. The first-order valence-electron chi connectivity index (χ1n) is 11.9. The second-order valence-corrected chi connectivity index (χ2v) is 9.44. The van der Waals surface area contributed by atoms with E-state index >= 15 is 0 Å². The molecule has 0 aromatic carbocycles. The topological polar surface area (TPSA) is 122 Å². The third-order valence-corrected chi connectivity index (χ3v) is 5.55. The van der Waals surface area contributed by atoms with E-state index in [1.165, 1.54) is 0 Å². The number of carbonyl (C=O) groups excluding carboxylic acids is 1. The van der Waals surface area contributed by atoms with Gasteiger partial charge < -0.3 is 25.6 Å². The van der Waals surface area contributed by atoms with Crippen molar-refractivity contribution >= 4 is 34.3 Å². The first-order valence-corrected chi connectivity index (χ1v) is 11.9. The molecular weight excluding hydrogens is 456 g/mol. The van der Waals surface area contributed by atoms with Crippen LogP contribution in [0.25, 0.3) is 22.0 Å². The zero-order valence-corrected chi connectivity index (χ0v) is 21.1. The van der Waals surface area contributed by atoms with Crippen molar-refractivity contribution in [1.29, 1.82) is 0 Å². The van der Waals surface area contributed by atoms with E-state index in [0.29, 0.717) is 37.8 Å². The van der Waals surface area contributed by atoms with E-state index in [0.717, 1.165) is 27.8 Å². The van der Waals surface area contributed by atoms with Crippen molar-refractivity contribution in [2.45, 2.75) is 26.4 Å². The van der Waals surface area contributed by atoms with Crippen LogP contribution >= 0.6 is 0 Å². The lowest BCUT2D eigenvalue weighted by atomic mass is 10.1. The molecule has 1 aliphatic heterocycles. The fourth-order valence-corrected chi connectivity index (χ4v) is 3.87. The standard InChI is InChI=1S/C26H32N8O2/c1-26(2,3)36-25(35)34-13-11-33(12-14-34)24-20-6-9-29-17-19(20)15-21(31-24)18-5-10-30-23(16-18)32-22(27)7-8-28-4/h5-10,15-17,28H,11-14H2,1-4H3,(H2,27,30,32)/b8-7-. The average Bonchev–Trinajstić information content (AvgIpc) is 2.86. The van der Waals surface area contributed by atoms with Gasteiger partial charge in [-0.05, 0) is 57.3 Å². The smallest absolute Gasteiger partial charge is 0.410 e. The van der Waals surface area contributed by atoms with Gasteiger partial charge in [-0.25, -0.2) is 19.8 Å². The molecule has 0 saturated carbocycles. The molecule has 1 aliphatic rings. The number of ether oxygens (including phenoxy) is 1. The van der Waals surface area contributed by atoms with Crippen LogP contribution in [0, 0.1) is 0 Å². The number of hydrogen-bond donors (Lipinski definition) is 2. The molecule has 3 N–H and O–H groups in total. The molecule has 10 nitrogen and oxygen atoms in total. The molecule has 4 heterocycles. The van der Waals surface area contributed by atoms with Crippen LogP contribution in [0.2, 0.25) is 0 Å². The minimum absolute atomic E-state index is 0.286. The summed E-state index contributed by atoms with van der Waals surface area (Å²) in [6.07, 6.45) is 8.38. The molecule has 0 bridgehead atoms. The molecule has 3 aromatic rings. The number of fused-ring (bicyclic) bond motifs is 1. The maximum atomic E-state index is 12.5. The highest BCUT2D eigenvalue weighted by molar-refractivity contribution is 5.95. The zero-order valence-electron chi connectivity index (χ0n) is 21.1. The minimum atomic E-state index is -0.519. The van der Waals surface area contributed by atoms with Crippen molar-refractivity contribution in [1.82, 2.24) is 25.2 Å². The first kappa shape index (κ1) is 24.9. The summed E-state index contributed by atoms with van der Waals surface area (Å²) in [6.45, 7) is 8.03. The molecule has 0 atom stereocenters. The lowest BCUT2D eigenvalue weighted by Crippen LogP contribution is -2.50. The molecule has 1 saturated heterocycles. The number of piperazine rings is 1. The number of amidine groups is 1. The van der Waals surface area contributed by atoms with Gasteiger partial charge in [-0.1, -0.05) is 0 Å². The van der Waals surface area contributed by atoms with Crippen molar-refractivity contribution in [3.05, 3.63) is 55.1 Å². The fraction of sp³-hybridized carbons (Fsp3) is 0.346. The van der Waals surface area contributed by atoms with E-state index < -0.39 is 5.60 Å². The number of hydrogen-bond acceptors (Lipinski definition) is 8. The summed E-state index contributed by atoms with van der Waals surface area (Å²) in [5.74, 6) is 1.69. The van der Waals surface area contributed by atoms with Gasteiger partial charge in [-0.2, -0.15) is 0 Å². The molecule has 188 valence electrons. The van der Waals surface area contributed by atoms with Crippen LogP contribution in [0.5, 0.6) is 0 Å². The maximum absolute atomic E-state index is 12.5. The van der Waals surface area contributed by atoms with Gasteiger partial charge in [0, 0.05) is 68.2 Å². The molecule has 3 aromatic heterocycles. The number of aromatic nitrogens is 3. The first-order chi connectivity index (χ1) is 17.2. The molecular formula is C26H32N8O2. The van der Waals surface area contributed by atoms with Crippen LogP contribution in [0.15, 0.2) is 60.1 Å². The Morgan fingerprint density at radius 3 is 2.67 bits per heavy atom. The summed E-state index contributed by atoms with van der Waals surface area (Å²) in [7, 11) is 1.79. The lowest BCUT2D eigenvalue weighted by molar-refractivity contribution is 0.0240. The van der Waals surface area contributed by atoms with E-state index in [9.17, 15) is 4.79 Å². The van der Waals surface area contributed by atoms with Gasteiger partial charge >= 0.3 is 6.09 Å². The molecule has 1 amide bonds. The third kappa shape index (κ3) is 6.07. The van der Waals surface area contributed by atoms with Crippen molar-refractivity contribution in [3.63, 3.8) is 0 Å². The number of rotatable bonds is 5. The largest absolute Gasteiger partial charge is 0.444 e. The number of aliphatic imine (C=N–C) groups is 1. The number of pyridine rings is 3. The molecule has 0 unspecified atom stereocenters. The van der Waals surface area contributed by atoms with E-state index in [2.05, 4.69) is 25.2 Å². The third-order valence-electron chi connectivity index (χ3n) is 5.55. The predicted molar refractivity (Wildman–Crippen MR) is 142 cm³/mol. The Balaban J connectivity index is 1.62. The van der Waals surface area contributed by atoms with Crippen molar-refractivity contribution in [2.24, 2.45) is 10.7 Å². The molecule has 0 aliphatic carbocycles. The number of nitrogens with zero attached hydrogens (tertiary/aromatic N) is 6. The van der Waals surface area contributed by atoms with Gasteiger partial charge in [0.2, 0.25) is 0 Å². The molecule has 10 heteroatoms. The summed E-state index contributed by atoms with van der Waals surface area (Å²) in [6, 6.07) is 7.73. The van der Waals surface area contributed by atoms with Crippen LogP contribution in [0.1, 0.15) is 20.8 Å². The van der Waals surface area contributed by atoms with E-state index in [-0.39, 0.29) is 6.09 Å². The van der Waals surface area contributed by atoms with E-state index in [1.807, 2.05) is 51.2 Å².